The standard InChI is InChI=1S/C24H21BrClNO5/c1-30-24(29)22-20(21-17(28)3-2-4-19(21)32-23(22)27)14-7-10-18(16(26)11-14)31-12-13-5-8-15(25)9-6-13/h5-11,20H,2-4,12,27H2,1H3/t20-/m1/s1. The number of allylic oxidation sites excluding steroid dienone is 2. The Hall–Kier alpha value is -2.77. The average Bonchev–Trinajstić information content (AvgIpc) is 2.78. The molecule has 0 radical (unpaired) electrons. The van der Waals surface area contributed by atoms with Gasteiger partial charge in [-0.05, 0) is 41.8 Å². The first kappa shape index (κ1) is 22.4. The van der Waals surface area contributed by atoms with Crippen LogP contribution in [0.15, 0.2) is 69.7 Å². The summed E-state index contributed by atoms with van der Waals surface area (Å²) in [4.78, 5) is 25.3. The number of hydrogen-bond acceptors (Lipinski definition) is 6. The van der Waals surface area contributed by atoms with Gasteiger partial charge < -0.3 is 19.9 Å². The van der Waals surface area contributed by atoms with Crippen LogP contribution in [-0.4, -0.2) is 18.9 Å². The monoisotopic (exact) mass is 517 g/mol. The van der Waals surface area contributed by atoms with Gasteiger partial charge in [0.2, 0.25) is 5.88 Å². The summed E-state index contributed by atoms with van der Waals surface area (Å²) < 4.78 is 17.4. The van der Waals surface area contributed by atoms with Crippen LogP contribution in [0.3, 0.4) is 0 Å². The summed E-state index contributed by atoms with van der Waals surface area (Å²) in [5.74, 6) is -0.491. The maximum Gasteiger partial charge on any atom is 0.340 e. The molecule has 1 aliphatic heterocycles. The minimum atomic E-state index is -0.711. The summed E-state index contributed by atoms with van der Waals surface area (Å²) >= 11 is 9.93. The molecular formula is C24H21BrClNO5. The van der Waals surface area contributed by atoms with Gasteiger partial charge in [-0.25, -0.2) is 4.79 Å². The Balaban J connectivity index is 1.67. The van der Waals surface area contributed by atoms with Crippen molar-refractivity contribution in [2.45, 2.75) is 31.8 Å². The van der Waals surface area contributed by atoms with E-state index in [0.717, 1.165) is 10.0 Å². The summed E-state index contributed by atoms with van der Waals surface area (Å²) in [6.07, 6.45) is 1.64. The smallest absolute Gasteiger partial charge is 0.340 e. The molecule has 32 heavy (non-hydrogen) atoms. The molecule has 4 rings (SSSR count). The number of nitrogens with two attached hydrogens (primary N) is 1. The highest BCUT2D eigenvalue weighted by atomic mass is 79.9. The summed E-state index contributed by atoms with van der Waals surface area (Å²) in [7, 11) is 1.26. The largest absolute Gasteiger partial charge is 0.487 e. The molecule has 2 N–H and O–H groups in total. The number of rotatable bonds is 5. The number of hydrogen-bond donors (Lipinski definition) is 1. The summed E-state index contributed by atoms with van der Waals surface area (Å²) in [6.45, 7) is 0.345. The zero-order valence-electron chi connectivity index (χ0n) is 17.3. The van der Waals surface area contributed by atoms with Gasteiger partial charge in [-0.1, -0.05) is 45.7 Å². The van der Waals surface area contributed by atoms with E-state index in [0.29, 0.717) is 53.5 Å². The van der Waals surface area contributed by atoms with Crippen LogP contribution in [0.25, 0.3) is 0 Å². The molecule has 0 spiro atoms. The Bertz CT molecular complexity index is 1140. The first-order chi connectivity index (χ1) is 15.4. The zero-order chi connectivity index (χ0) is 22.8. The molecule has 1 atom stereocenters. The van der Waals surface area contributed by atoms with E-state index in [-0.39, 0.29) is 17.2 Å². The minimum absolute atomic E-state index is 0.0537. The molecule has 0 aromatic heterocycles. The molecule has 8 heteroatoms. The van der Waals surface area contributed by atoms with E-state index in [1.165, 1.54) is 7.11 Å². The van der Waals surface area contributed by atoms with E-state index in [4.69, 9.17) is 31.5 Å². The third kappa shape index (κ3) is 4.40. The quantitative estimate of drug-likeness (QED) is 0.551. The highest BCUT2D eigenvalue weighted by Gasteiger charge is 2.41. The van der Waals surface area contributed by atoms with Crippen LogP contribution in [0.1, 0.15) is 36.3 Å². The Morgan fingerprint density at radius 1 is 1.22 bits per heavy atom. The predicted molar refractivity (Wildman–Crippen MR) is 123 cm³/mol. The molecule has 0 bridgehead atoms. The molecule has 0 fully saturated rings. The third-order valence-corrected chi connectivity index (χ3v) is 6.31. The molecule has 1 aliphatic carbocycles. The van der Waals surface area contributed by atoms with Gasteiger partial charge in [0.25, 0.3) is 0 Å². The Morgan fingerprint density at radius 3 is 2.66 bits per heavy atom. The Morgan fingerprint density at radius 2 is 1.97 bits per heavy atom. The van der Waals surface area contributed by atoms with Crippen molar-refractivity contribution in [3.05, 3.63) is 85.9 Å². The van der Waals surface area contributed by atoms with E-state index >= 15 is 0 Å². The average molecular weight is 519 g/mol. The first-order valence-corrected chi connectivity index (χ1v) is 11.2. The Labute approximate surface area is 199 Å². The fraction of sp³-hybridized carbons (Fsp3) is 0.250. The van der Waals surface area contributed by atoms with Crippen LogP contribution in [0.4, 0.5) is 0 Å². The number of carbonyl (C=O) groups is 2. The summed E-state index contributed by atoms with van der Waals surface area (Å²) in [6, 6.07) is 13.0. The van der Waals surface area contributed by atoms with Crippen molar-refractivity contribution in [2.75, 3.05) is 7.11 Å². The number of carbonyl (C=O) groups excluding carboxylic acids is 2. The lowest BCUT2D eigenvalue weighted by Gasteiger charge is -2.32. The molecule has 0 saturated heterocycles. The van der Waals surface area contributed by atoms with Gasteiger partial charge in [0.15, 0.2) is 5.78 Å². The number of methoxy groups -OCH3 is 1. The van der Waals surface area contributed by atoms with Gasteiger partial charge in [0.1, 0.15) is 23.7 Å². The number of halogens is 2. The molecule has 166 valence electrons. The van der Waals surface area contributed by atoms with Crippen LogP contribution in [0.2, 0.25) is 5.02 Å². The normalized spacial score (nSPS) is 18.2. The van der Waals surface area contributed by atoms with Crippen LogP contribution in [0, 0.1) is 0 Å². The predicted octanol–water partition coefficient (Wildman–Crippen LogP) is 5.15. The van der Waals surface area contributed by atoms with Gasteiger partial charge >= 0.3 is 5.97 Å². The van der Waals surface area contributed by atoms with E-state index in [2.05, 4.69) is 15.9 Å². The minimum Gasteiger partial charge on any atom is -0.487 e. The topological polar surface area (TPSA) is 87.9 Å². The van der Waals surface area contributed by atoms with E-state index < -0.39 is 11.9 Å². The van der Waals surface area contributed by atoms with Crippen molar-refractivity contribution in [3.63, 3.8) is 0 Å². The van der Waals surface area contributed by atoms with Crippen molar-refractivity contribution in [3.8, 4) is 5.75 Å². The van der Waals surface area contributed by atoms with Gasteiger partial charge in [-0.15, -0.1) is 0 Å². The second-order valence-corrected chi connectivity index (χ2v) is 8.85. The number of Topliss-reactive ketones (excluding diaryl/α,β-unsaturated/α-hetero) is 1. The third-order valence-electron chi connectivity index (χ3n) is 5.49. The van der Waals surface area contributed by atoms with Crippen molar-refractivity contribution < 1.29 is 23.8 Å². The molecule has 6 nitrogen and oxygen atoms in total. The van der Waals surface area contributed by atoms with Gasteiger partial charge in [0.05, 0.1) is 18.1 Å². The van der Waals surface area contributed by atoms with Crippen LogP contribution < -0.4 is 10.5 Å². The maximum absolute atomic E-state index is 12.8. The molecule has 2 aliphatic rings. The summed E-state index contributed by atoms with van der Waals surface area (Å²) in [5, 5.41) is 0.360. The molecule has 0 saturated carbocycles. The van der Waals surface area contributed by atoms with Crippen LogP contribution >= 0.6 is 27.5 Å². The molecule has 0 unspecified atom stereocenters. The highest BCUT2D eigenvalue weighted by molar-refractivity contribution is 9.10. The number of benzene rings is 2. The fourth-order valence-electron chi connectivity index (χ4n) is 3.95. The molecule has 0 amide bonds. The van der Waals surface area contributed by atoms with Crippen molar-refractivity contribution >= 4 is 39.3 Å². The highest BCUT2D eigenvalue weighted by Crippen LogP contribution is 2.45. The van der Waals surface area contributed by atoms with Crippen LogP contribution in [-0.2, 0) is 25.7 Å². The van der Waals surface area contributed by atoms with E-state index in [9.17, 15) is 9.59 Å². The molecule has 2 aromatic rings. The van der Waals surface area contributed by atoms with Crippen LogP contribution in [0.5, 0.6) is 5.75 Å². The summed E-state index contributed by atoms with van der Waals surface area (Å²) in [5.41, 5.74) is 8.24. The lowest BCUT2D eigenvalue weighted by atomic mass is 9.77. The van der Waals surface area contributed by atoms with Gasteiger partial charge in [-0.2, -0.15) is 0 Å². The SMILES string of the molecule is COC(=O)C1=C(N)OC2=C(C(=O)CCC2)[C@H]1c1ccc(OCc2ccc(Br)cc2)c(Cl)c1. The second kappa shape index (κ2) is 9.38. The lowest BCUT2D eigenvalue weighted by Crippen LogP contribution is -2.31. The fourth-order valence-corrected chi connectivity index (χ4v) is 4.46. The second-order valence-electron chi connectivity index (χ2n) is 7.52. The van der Waals surface area contributed by atoms with Gasteiger partial charge in [-0.3, -0.25) is 4.79 Å². The van der Waals surface area contributed by atoms with Crippen molar-refractivity contribution in [1.29, 1.82) is 0 Å². The van der Waals surface area contributed by atoms with E-state index in [1.807, 2.05) is 24.3 Å². The Kier molecular flexibility index (Phi) is 6.58. The van der Waals surface area contributed by atoms with Gasteiger partial charge in [0, 0.05) is 22.9 Å². The van der Waals surface area contributed by atoms with Crippen molar-refractivity contribution in [1.82, 2.24) is 0 Å². The first-order valence-electron chi connectivity index (χ1n) is 10.1. The van der Waals surface area contributed by atoms with E-state index in [1.54, 1.807) is 18.2 Å². The molecular weight excluding hydrogens is 498 g/mol. The zero-order valence-corrected chi connectivity index (χ0v) is 19.7. The number of ketones is 1. The number of ether oxygens (including phenoxy) is 3. The molecule has 1 heterocycles. The maximum atomic E-state index is 12.8. The molecule has 2 aromatic carbocycles. The number of esters is 1. The van der Waals surface area contributed by atoms with Crippen molar-refractivity contribution in [2.24, 2.45) is 5.73 Å². The lowest BCUT2D eigenvalue weighted by molar-refractivity contribution is -0.136.